The van der Waals surface area contributed by atoms with E-state index in [-0.39, 0.29) is 0 Å². The zero-order chi connectivity index (χ0) is 28.4. The fourth-order valence-corrected chi connectivity index (χ4v) is 4.17. The number of esters is 2. The molecule has 0 fully saturated rings. The summed E-state index contributed by atoms with van der Waals surface area (Å²) in [5, 5.41) is 0. The molecule has 0 bridgehead atoms. The van der Waals surface area contributed by atoms with Crippen molar-refractivity contribution in [1.29, 1.82) is 0 Å². The van der Waals surface area contributed by atoms with Gasteiger partial charge in [-0.05, 0) is 24.1 Å². The van der Waals surface area contributed by atoms with Gasteiger partial charge < -0.3 is 33.2 Å². The van der Waals surface area contributed by atoms with E-state index >= 15 is 0 Å². The molecule has 0 aliphatic rings. The minimum atomic E-state index is -1.11. The molecule has 0 radical (unpaired) electrons. The normalized spacial score (nSPS) is 13.9. The second-order valence-corrected chi connectivity index (χ2v) is 8.50. The van der Waals surface area contributed by atoms with Crippen molar-refractivity contribution < 1.29 is 42.7 Å². The number of hydrogen-bond acceptors (Lipinski definition) is 9. The number of hydrogen-bond donors (Lipinski definition) is 0. The van der Waals surface area contributed by atoms with Crippen molar-refractivity contribution >= 4 is 11.9 Å². The van der Waals surface area contributed by atoms with Crippen molar-refractivity contribution in [2.45, 2.75) is 31.3 Å². The minimum Gasteiger partial charge on any atom is -0.496 e. The Morgan fingerprint density at radius 1 is 0.590 bits per heavy atom. The van der Waals surface area contributed by atoms with Crippen LogP contribution in [-0.4, -0.2) is 53.6 Å². The molecule has 0 amide bonds. The summed E-state index contributed by atoms with van der Waals surface area (Å²) in [6, 6.07) is 21.1. The van der Waals surface area contributed by atoms with Crippen molar-refractivity contribution in [3.05, 3.63) is 89.5 Å². The third-order valence-electron chi connectivity index (χ3n) is 6.12. The first kappa shape index (κ1) is 29.5. The summed E-state index contributed by atoms with van der Waals surface area (Å²) in [6.07, 6.45) is -4.07. The number of ether oxygens (including phenoxy) is 7. The first-order valence-corrected chi connectivity index (χ1v) is 12.2. The van der Waals surface area contributed by atoms with Crippen LogP contribution in [0.4, 0.5) is 0 Å². The average molecular weight is 539 g/mol. The van der Waals surface area contributed by atoms with Crippen molar-refractivity contribution in [3.8, 4) is 17.2 Å². The third kappa shape index (κ3) is 7.07. The Morgan fingerprint density at radius 3 is 1.46 bits per heavy atom. The molecule has 3 rings (SSSR count). The number of methoxy groups -OCH3 is 5. The lowest BCUT2D eigenvalue weighted by Crippen LogP contribution is -2.31. The van der Waals surface area contributed by atoms with Gasteiger partial charge in [-0.15, -0.1) is 0 Å². The van der Waals surface area contributed by atoms with Crippen LogP contribution in [0.25, 0.3) is 0 Å². The summed E-state index contributed by atoms with van der Waals surface area (Å²) in [5.74, 6) is -0.204. The largest absolute Gasteiger partial charge is 0.496 e. The van der Waals surface area contributed by atoms with Gasteiger partial charge in [0.25, 0.3) is 0 Å². The van der Waals surface area contributed by atoms with E-state index in [2.05, 4.69) is 0 Å². The van der Waals surface area contributed by atoms with E-state index in [1.54, 1.807) is 67.6 Å². The predicted octanol–water partition coefficient (Wildman–Crippen LogP) is 5.00. The quantitative estimate of drug-likeness (QED) is 0.278. The second kappa shape index (κ2) is 14.2. The van der Waals surface area contributed by atoms with Gasteiger partial charge in [-0.25, -0.2) is 9.59 Å². The van der Waals surface area contributed by atoms with Crippen LogP contribution in [-0.2, 0) is 28.5 Å². The molecule has 3 aromatic carbocycles. The minimum absolute atomic E-state index is 0.341. The van der Waals surface area contributed by atoms with Gasteiger partial charge >= 0.3 is 11.9 Å². The highest BCUT2D eigenvalue weighted by Gasteiger charge is 2.35. The van der Waals surface area contributed by atoms with E-state index in [1.165, 1.54) is 35.5 Å². The van der Waals surface area contributed by atoms with Gasteiger partial charge in [-0.2, -0.15) is 0 Å². The average Bonchev–Trinajstić information content (AvgIpc) is 2.97. The molecule has 0 unspecified atom stereocenters. The molecular weight excluding hydrogens is 504 g/mol. The molecule has 0 aliphatic carbocycles. The first-order chi connectivity index (χ1) is 18.9. The summed E-state index contributed by atoms with van der Waals surface area (Å²) in [4.78, 5) is 26.6. The fraction of sp³-hybridized carbons (Fsp3) is 0.333. The molecule has 9 heteroatoms. The molecule has 208 valence electrons. The van der Waals surface area contributed by atoms with Crippen LogP contribution in [0.15, 0.2) is 72.8 Å². The van der Waals surface area contributed by atoms with Crippen molar-refractivity contribution in [1.82, 2.24) is 0 Å². The van der Waals surface area contributed by atoms with Crippen LogP contribution in [0.1, 0.15) is 41.9 Å². The molecule has 0 saturated carbocycles. The predicted molar refractivity (Wildman–Crippen MR) is 143 cm³/mol. The van der Waals surface area contributed by atoms with E-state index in [0.29, 0.717) is 33.9 Å². The lowest BCUT2D eigenvalue weighted by atomic mass is 10.0. The topological polar surface area (TPSA) is 98.8 Å². The van der Waals surface area contributed by atoms with Gasteiger partial charge in [-0.3, -0.25) is 0 Å². The lowest BCUT2D eigenvalue weighted by Gasteiger charge is -2.29. The maximum Gasteiger partial charge on any atom is 0.340 e. The molecule has 0 heterocycles. The molecular formula is C30H34O9. The van der Waals surface area contributed by atoms with Crippen LogP contribution >= 0.6 is 0 Å². The highest BCUT2D eigenvalue weighted by Crippen LogP contribution is 2.41. The number of benzene rings is 3. The van der Waals surface area contributed by atoms with Crippen LogP contribution in [0.5, 0.6) is 17.2 Å². The molecule has 4 atom stereocenters. The van der Waals surface area contributed by atoms with E-state index in [0.717, 1.165) is 0 Å². The summed E-state index contributed by atoms with van der Waals surface area (Å²) in [5.41, 5.74) is 1.63. The number of carbonyl (C=O) groups excluding carboxylic acids is 2. The number of carbonyl (C=O) groups is 2. The summed E-state index contributed by atoms with van der Waals surface area (Å²) in [7, 11) is 7.28. The Kier molecular flexibility index (Phi) is 10.7. The Morgan fingerprint density at radius 2 is 1.03 bits per heavy atom. The van der Waals surface area contributed by atoms with Crippen LogP contribution in [0.3, 0.4) is 0 Å². The first-order valence-electron chi connectivity index (χ1n) is 12.2. The van der Waals surface area contributed by atoms with Gasteiger partial charge in [0, 0.05) is 25.8 Å². The molecule has 0 aromatic heterocycles. The van der Waals surface area contributed by atoms with E-state index in [1.807, 2.05) is 12.1 Å². The van der Waals surface area contributed by atoms with Crippen LogP contribution in [0, 0.1) is 0 Å². The van der Waals surface area contributed by atoms with Gasteiger partial charge in [0.1, 0.15) is 11.9 Å². The van der Waals surface area contributed by atoms with Gasteiger partial charge in [0.05, 0.1) is 21.3 Å². The fourth-order valence-electron chi connectivity index (χ4n) is 4.17. The van der Waals surface area contributed by atoms with E-state index in [9.17, 15) is 9.59 Å². The Bertz CT molecular complexity index is 1210. The van der Waals surface area contributed by atoms with Gasteiger partial charge in [0.15, 0.2) is 29.8 Å². The maximum atomic E-state index is 13.4. The molecule has 0 spiro atoms. The highest BCUT2D eigenvalue weighted by molar-refractivity contribution is 5.78. The van der Waals surface area contributed by atoms with Crippen LogP contribution < -0.4 is 14.2 Å². The van der Waals surface area contributed by atoms with E-state index < -0.39 is 36.4 Å². The SMILES string of the molecule is COc1cc(OC)c([C@@H](OC(=O)[C@H](OC)c2ccccc2)[C@H](C)OC(=O)[C@H](OC)c2ccccc2)cc1OC. The summed E-state index contributed by atoms with van der Waals surface area (Å²) >= 11 is 0. The molecule has 0 aliphatic heterocycles. The van der Waals surface area contributed by atoms with Gasteiger partial charge in [-0.1, -0.05) is 60.7 Å². The van der Waals surface area contributed by atoms with E-state index in [4.69, 9.17) is 33.2 Å². The summed E-state index contributed by atoms with van der Waals surface area (Å²) < 4.78 is 39.1. The molecule has 0 saturated heterocycles. The molecule has 0 N–H and O–H groups in total. The van der Waals surface area contributed by atoms with Crippen LogP contribution in [0.2, 0.25) is 0 Å². The summed E-state index contributed by atoms with van der Waals surface area (Å²) in [6.45, 7) is 1.62. The van der Waals surface area contributed by atoms with Crippen molar-refractivity contribution in [2.24, 2.45) is 0 Å². The monoisotopic (exact) mass is 538 g/mol. The standard InChI is InChI=1S/C30H34O9/c1-19(38-29(31)27(36-5)20-13-9-7-10-14-20)26(22-17-24(34-3)25(35-4)18-23(22)33-2)39-30(32)28(37-6)21-15-11-8-12-16-21/h7-19,26-28H,1-6H3/t19-,26-,27+,28+/m0/s1. The van der Waals surface area contributed by atoms with Gasteiger partial charge in [0.2, 0.25) is 0 Å². The van der Waals surface area contributed by atoms with Crippen molar-refractivity contribution in [2.75, 3.05) is 35.5 Å². The zero-order valence-corrected chi connectivity index (χ0v) is 22.9. The second-order valence-electron chi connectivity index (χ2n) is 8.50. The Labute approximate surface area is 228 Å². The third-order valence-corrected chi connectivity index (χ3v) is 6.12. The van der Waals surface area contributed by atoms with Crippen molar-refractivity contribution in [3.63, 3.8) is 0 Å². The zero-order valence-electron chi connectivity index (χ0n) is 22.9. The molecule has 39 heavy (non-hydrogen) atoms. The Balaban J connectivity index is 2.00. The Hall–Kier alpha value is -4.08. The smallest absolute Gasteiger partial charge is 0.340 e. The molecule has 9 nitrogen and oxygen atoms in total. The number of rotatable bonds is 13. The lowest BCUT2D eigenvalue weighted by molar-refractivity contribution is -0.180. The maximum absolute atomic E-state index is 13.4. The highest BCUT2D eigenvalue weighted by atomic mass is 16.6. The molecule has 3 aromatic rings.